The van der Waals surface area contributed by atoms with Gasteiger partial charge < -0.3 is 14.5 Å². The van der Waals surface area contributed by atoms with Crippen molar-refractivity contribution in [2.45, 2.75) is 71.4 Å². The summed E-state index contributed by atoms with van der Waals surface area (Å²) >= 11 is 6.18. The van der Waals surface area contributed by atoms with Gasteiger partial charge in [-0.3, -0.25) is 0 Å². The topological polar surface area (TPSA) is 58.6 Å². The maximum Gasteiger partial charge on any atom is 0.410 e. The highest BCUT2D eigenvalue weighted by atomic mass is 35.5. The average molecular weight is 381 g/mol. The van der Waals surface area contributed by atoms with Crippen LogP contribution in [0.15, 0.2) is 0 Å². The molecule has 0 bridgehead atoms. The molecule has 144 valence electrons. The number of ether oxygens (including phenoxy) is 1. The van der Waals surface area contributed by atoms with Crippen molar-refractivity contribution in [2.75, 3.05) is 24.5 Å². The fraction of sp³-hybridized carbons (Fsp3) is 0.737. The first-order chi connectivity index (χ1) is 12.3. The minimum Gasteiger partial charge on any atom is -0.444 e. The molecule has 1 aromatic rings. The molecule has 0 aromatic carbocycles. The zero-order valence-electron chi connectivity index (χ0n) is 16.2. The van der Waals surface area contributed by atoms with Crippen LogP contribution in [0.5, 0.6) is 0 Å². The van der Waals surface area contributed by atoms with Crippen LogP contribution in [0.2, 0.25) is 5.28 Å². The second-order valence-electron chi connectivity index (χ2n) is 8.10. The number of nitrogens with zero attached hydrogens (tertiary/aromatic N) is 4. The minimum absolute atomic E-state index is 0.128. The number of carbonyl (C=O) groups is 1. The molecule has 1 aliphatic carbocycles. The van der Waals surface area contributed by atoms with Crippen LogP contribution in [-0.4, -0.2) is 52.2 Å². The zero-order chi connectivity index (χ0) is 18.9. The average Bonchev–Trinajstić information content (AvgIpc) is 3.02. The predicted molar refractivity (Wildman–Crippen MR) is 103 cm³/mol. The fourth-order valence-electron chi connectivity index (χ4n) is 3.85. The Hall–Kier alpha value is -1.56. The van der Waals surface area contributed by atoms with Crippen LogP contribution >= 0.6 is 11.6 Å². The summed E-state index contributed by atoms with van der Waals surface area (Å²) in [6.45, 7) is 9.95. The van der Waals surface area contributed by atoms with Gasteiger partial charge in [-0.25, -0.2) is 14.8 Å². The molecular formula is C19H29ClN4O2. The molecule has 1 amide bonds. The molecule has 1 atom stereocenters. The van der Waals surface area contributed by atoms with Crippen LogP contribution in [0.25, 0.3) is 0 Å². The van der Waals surface area contributed by atoms with Crippen LogP contribution in [-0.2, 0) is 17.6 Å². The third-order valence-electron chi connectivity index (χ3n) is 5.01. The molecule has 7 heteroatoms. The summed E-state index contributed by atoms with van der Waals surface area (Å²) in [7, 11) is 0. The van der Waals surface area contributed by atoms with Crippen LogP contribution in [0.3, 0.4) is 0 Å². The molecule has 6 nitrogen and oxygen atoms in total. The van der Waals surface area contributed by atoms with Crippen molar-refractivity contribution in [1.29, 1.82) is 0 Å². The van der Waals surface area contributed by atoms with Crippen molar-refractivity contribution in [3.8, 4) is 0 Å². The molecule has 0 spiro atoms. The van der Waals surface area contributed by atoms with Gasteiger partial charge in [0.15, 0.2) is 0 Å². The van der Waals surface area contributed by atoms with Crippen molar-refractivity contribution in [1.82, 2.24) is 14.9 Å². The third-order valence-corrected chi connectivity index (χ3v) is 5.18. The van der Waals surface area contributed by atoms with Crippen molar-refractivity contribution in [2.24, 2.45) is 0 Å². The van der Waals surface area contributed by atoms with E-state index in [-0.39, 0.29) is 12.1 Å². The van der Waals surface area contributed by atoms with Gasteiger partial charge in [0, 0.05) is 25.2 Å². The Labute approximate surface area is 160 Å². The standard InChI is InChI=1S/C19H29ClN4O2/c1-5-24(18(25)26-19(2,3)4)13-10-11-23(12-13)16-14-8-6-7-9-15(14)21-17(20)22-16/h13H,5-12H2,1-4H3/t13-/m0/s1. The molecule has 0 N–H and O–H groups in total. The Morgan fingerprint density at radius 2 is 2.04 bits per heavy atom. The van der Waals surface area contributed by atoms with Crippen LogP contribution < -0.4 is 4.90 Å². The number of halogens is 1. The highest BCUT2D eigenvalue weighted by Crippen LogP contribution is 2.32. The maximum absolute atomic E-state index is 12.5. The largest absolute Gasteiger partial charge is 0.444 e. The lowest BCUT2D eigenvalue weighted by Gasteiger charge is -2.31. The molecule has 0 saturated carbocycles. The molecule has 3 rings (SSSR count). The lowest BCUT2D eigenvalue weighted by atomic mass is 9.96. The lowest BCUT2D eigenvalue weighted by molar-refractivity contribution is 0.0191. The van der Waals surface area contributed by atoms with Gasteiger partial charge in [0.25, 0.3) is 0 Å². The number of anilines is 1. The fourth-order valence-corrected chi connectivity index (χ4v) is 4.03. The maximum atomic E-state index is 12.5. The number of aromatic nitrogens is 2. The summed E-state index contributed by atoms with van der Waals surface area (Å²) in [4.78, 5) is 25.6. The van der Waals surface area contributed by atoms with Crippen molar-refractivity contribution in [3.63, 3.8) is 0 Å². The van der Waals surface area contributed by atoms with Gasteiger partial charge in [0.2, 0.25) is 5.28 Å². The van der Waals surface area contributed by atoms with Gasteiger partial charge in [-0.15, -0.1) is 0 Å². The van der Waals surface area contributed by atoms with Gasteiger partial charge in [-0.05, 0) is 71.4 Å². The summed E-state index contributed by atoms with van der Waals surface area (Å²) in [5, 5.41) is 0.323. The summed E-state index contributed by atoms with van der Waals surface area (Å²) in [6.07, 6.45) is 4.97. The van der Waals surface area contributed by atoms with Crippen LogP contribution in [0, 0.1) is 0 Å². The summed E-state index contributed by atoms with van der Waals surface area (Å²) in [5.41, 5.74) is 1.85. The summed E-state index contributed by atoms with van der Waals surface area (Å²) < 4.78 is 5.58. The Balaban J connectivity index is 1.76. The summed E-state index contributed by atoms with van der Waals surface area (Å²) in [6, 6.07) is 0.128. The second kappa shape index (κ2) is 7.59. The Morgan fingerprint density at radius 1 is 1.31 bits per heavy atom. The number of hydrogen-bond acceptors (Lipinski definition) is 5. The van der Waals surface area contributed by atoms with Crippen LogP contribution in [0.4, 0.5) is 10.6 Å². The normalized spacial score (nSPS) is 20.0. The highest BCUT2D eigenvalue weighted by molar-refractivity contribution is 6.28. The van der Waals surface area contributed by atoms with E-state index in [1.54, 1.807) is 0 Å². The number of amides is 1. The lowest BCUT2D eigenvalue weighted by Crippen LogP contribution is -2.44. The molecule has 2 aliphatic rings. The smallest absolute Gasteiger partial charge is 0.410 e. The Bertz CT molecular complexity index is 674. The van der Waals surface area contributed by atoms with Gasteiger partial charge in [0.05, 0.1) is 11.7 Å². The van der Waals surface area contributed by atoms with Gasteiger partial charge in [-0.2, -0.15) is 0 Å². The summed E-state index contributed by atoms with van der Waals surface area (Å²) in [5.74, 6) is 0.961. The van der Waals surface area contributed by atoms with E-state index in [0.29, 0.717) is 11.8 Å². The second-order valence-corrected chi connectivity index (χ2v) is 8.44. The quantitative estimate of drug-likeness (QED) is 0.745. The van der Waals surface area contributed by atoms with Crippen molar-refractivity contribution < 1.29 is 9.53 Å². The zero-order valence-corrected chi connectivity index (χ0v) is 17.0. The van der Waals surface area contributed by atoms with Gasteiger partial charge >= 0.3 is 6.09 Å². The molecule has 0 radical (unpaired) electrons. The van der Waals surface area contributed by atoms with E-state index in [1.165, 1.54) is 12.0 Å². The molecule has 1 saturated heterocycles. The molecule has 1 aliphatic heterocycles. The van der Waals surface area contributed by atoms with E-state index in [2.05, 4.69) is 14.9 Å². The first kappa shape index (κ1) is 19.2. The number of rotatable bonds is 3. The first-order valence-electron chi connectivity index (χ1n) is 9.58. The monoisotopic (exact) mass is 380 g/mol. The van der Waals surface area contributed by atoms with Crippen LogP contribution in [0.1, 0.15) is 58.2 Å². The SMILES string of the molecule is CCN(C(=O)OC(C)(C)C)[C@H]1CCN(c2nc(Cl)nc3c2CCCC3)C1. The number of aryl methyl sites for hydroxylation is 1. The minimum atomic E-state index is -0.484. The highest BCUT2D eigenvalue weighted by Gasteiger charge is 2.34. The van der Waals surface area contributed by atoms with Gasteiger partial charge in [0.1, 0.15) is 11.4 Å². The molecule has 1 fully saturated rings. The molecule has 26 heavy (non-hydrogen) atoms. The first-order valence-corrected chi connectivity index (χ1v) is 9.96. The van der Waals surface area contributed by atoms with E-state index in [9.17, 15) is 4.79 Å². The van der Waals surface area contributed by atoms with Crippen molar-refractivity contribution >= 4 is 23.5 Å². The Kier molecular flexibility index (Phi) is 5.61. The number of likely N-dealkylation sites (N-methyl/N-ethyl adjacent to an activating group) is 1. The predicted octanol–water partition coefficient (Wildman–Crippen LogP) is 3.84. The number of carbonyl (C=O) groups excluding carboxylic acids is 1. The van der Waals surface area contributed by atoms with E-state index in [4.69, 9.17) is 16.3 Å². The third kappa shape index (κ3) is 4.22. The Morgan fingerprint density at radius 3 is 2.73 bits per heavy atom. The molecule has 0 unspecified atom stereocenters. The van der Waals surface area contributed by atoms with E-state index >= 15 is 0 Å². The van der Waals surface area contributed by atoms with Gasteiger partial charge in [-0.1, -0.05) is 0 Å². The van der Waals surface area contributed by atoms with E-state index < -0.39 is 5.60 Å². The van der Waals surface area contributed by atoms with Crippen molar-refractivity contribution in [3.05, 3.63) is 16.5 Å². The van der Waals surface area contributed by atoms with E-state index in [0.717, 1.165) is 50.3 Å². The molecule has 1 aromatic heterocycles. The van der Waals surface area contributed by atoms with E-state index in [1.807, 2.05) is 32.6 Å². The molecular weight excluding hydrogens is 352 g/mol. The number of fused-ring (bicyclic) bond motifs is 1. The molecule has 2 heterocycles. The number of hydrogen-bond donors (Lipinski definition) is 0.